The van der Waals surface area contributed by atoms with Crippen LogP contribution in [0.4, 0.5) is 17.3 Å². The number of aryl methyl sites for hydroxylation is 1. The first kappa shape index (κ1) is 17.9. The minimum atomic E-state index is -3.67. The van der Waals surface area contributed by atoms with Crippen molar-refractivity contribution in [3.05, 3.63) is 12.2 Å². The maximum atomic E-state index is 13.6. The fourth-order valence-corrected chi connectivity index (χ4v) is 2.13. The molecule has 2 heterocycles. The largest absolute Gasteiger partial charge is 1.00 e. The molecule has 0 saturated carbocycles. The summed E-state index contributed by atoms with van der Waals surface area (Å²) in [6.07, 6.45) is 1.54. The maximum Gasteiger partial charge on any atom is 0.762 e. The molecule has 1 aliphatic rings. The SMILES string of the molecule is Cn1c[n+]2c(n1)[C@@H](F)C[C@@H]2C(C)(C)C.FB(F)F.[F-]. The van der Waals surface area contributed by atoms with E-state index in [9.17, 15) is 17.3 Å². The molecule has 1 aromatic heterocycles. The van der Waals surface area contributed by atoms with Crippen LogP contribution in [0.15, 0.2) is 6.33 Å². The lowest BCUT2D eigenvalue weighted by atomic mass is 9.85. The number of alkyl halides is 1. The van der Waals surface area contributed by atoms with E-state index in [2.05, 4.69) is 25.9 Å². The molecule has 19 heavy (non-hydrogen) atoms. The third kappa shape index (κ3) is 4.47. The highest BCUT2D eigenvalue weighted by atomic mass is 19.4. The van der Waals surface area contributed by atoms with Gasteiger partial charge >= 0.3 is 13.4 Å². The summed E-state index contributed by atoms with van der Waals surface area (Å²) in [5.74, 6) is 0.576. The standard InChI is InChI=1S/C10H17FN3.BF3.FH/c1-10(2,3)8-5-7(11)9-12-13(4)6-14(8)9;2-1(3)4;/h6-8H,5H2,1-4H3;;1H/q+1;;/p-1/t7-,8+;;/m0../s1. The Bertz CT molecular complexity index is 402. The average Bonchev–Trinajstić information content (AvgIpc) is 2.64. The highest BCUT2D eigenvalue weighted by molar-refractivity contribution is 6.33. The highest BCUT2D eigenvalue weighted by Gasteiger charge is 2.44. The van der Waals surface area contributed by atoms with Crippen LogP contribution in [0, 0.1) is 5.41 Å². The summed E-state index contributed by atoms with van der Waals surface area (Å²) in [6, 6.07) is 0.223. The first-order valence-corrected chi connectivity index (χ1v) is 5.64. The zero-order chi connectivity index (χ0) is 14.1. The molecule has 0 fully saturated rings. The van der Waals surface area contributed by atoms with Crippen LogP contribution in [0.25, 0.3) is 0 Å². The van der Waals surface area contributed by atoms with Gasteiger partial charge in [0.25, 0.3) is 0 Å². The van der Waals surface area contributed by atoms with E-state index < -0.39 is 13.7 Å². The van der Waals surface area contributed by atoms with Crippen LogP contribution in [0.2, 0.25) is 0 Å². The quantitative estimate of drug-likeness (QED) is 0.361. The Morgan fingerprint density at radius 1 is 1.37 bits per heavy atom. The monoisotopic (exact) mass is 285 g/mol. The number of nitrogens with zero attached hydrogens (tertiary/aromatic N) is 3. The van der Waals surface area contributed by atoms with Crippen molar-refractivity contribution < 1.29 is 26.6 Å². The molecule has 0 radical (unpaired) electrons. The average molecular weight is 285 g/mol. The normalized spacial score (nSPS) is 21.1. The van der Waals surface area contributed by atoms with Crippen molar-refractivity contribution in [2.24, 2.45) is 12.5 Å². The number of hydrogen-bond acceptors (Lipinski definition) is 1. The Kier molecular flexibility index (Phi) is 5.96. The predicted molar refractivity (Wildman–Crippen MR) is 59.4 cm³/mol. The number of fused-ring (bicyclic) bond motifs is 1. The summed E-state index contributed by atoms with van der Waals surface area (Å²) in [5, 5.41) is 4.14. The van der Waals surface area contributed by atoms with Crippen LogP contribution in [-0.4, -0.2) is 17.3 Å². The van der Waals surface area contributed by atoms with Crippen molar-refractivity contribution in [1.29, 1.82) is 0 Å². The van der Waals surface area contributed by atoms with Gasteiger partial charge in [-0.05, 0) is 5.41 Å². The minimum absolute atomic E-state index is 0. The minimum Gasteiger partial charge on any atom is -1.00 e. The van der Waals surface area contributed by atoms with Gasteiger partial charge in [0.2, 0.25) is 6.33 Å². The maximum absolute atomic E-state index is 13.6. The molecule has 0 aliphatic carbocycles. The van der Waals surface area contributed by atoms with E-state index in [0.717, 1.165) is 0 Å². The van der Waals surface area contributed by atoms with Gasteiger partial charge in [-0.1, -0.05) is 20.8 Å². The van der Waals surface area contributed by atoms with Gasteiger partial charge in [-0.2, -0.15) is 0 Å². The molecule has 1 aliphatic heterocycles. The van der Waals surface area contributed by atoms with E-state index in [4.69, 9.17) is 0 Å². The van der Waals surface area contributed by atoms with Gasteiger partial charge < -0.3 is 4.70 Å². The van der Waals surface area contributed by atoms with Crippen molar-refractivity contribution in [1.82, 2.24) is 9.78 Å². The highest BCUT2D eigenvalue weighted by Crippen LogP contribution is 2.39. The van der Waals surface area contributed by atoms with E-state index in [-0.39, 0.29) is 16.2 Å². The molecule has 2 atom stereocenters. The Morgan fingerprint density at radius 3 is 2.26 bits per heavy atom. The lowest BCUT2D eigenvalue weighted by molar-refractivity contribution is -0.729. The summed E-state index contributed by atoms with van der Waals surface area (Å²) in [4.78, 5) is 0. The molecule has 0 unspecified atom stereocenters. The van der Waals surface area contributed by atoms with Gasteiger partial charge in [0.15, 0.2) is 6.17 Å². The smallest absolute Gasteiger partial charge is 0.762 e. The summed E-state index contributed by atoms with van der Waals surface area (Å²) in [6.45, 7) is 6.42. The van der Waals surface area contributed by atoms with Crippen LogP contribution in [0.5, 0.6) is 0 Å². The van der Waals surface area contributed by atoms with Crippen molar-refractivity contribution in [3.63, 3.8) is 0 Å². The molecule has 0 bridgehead atoms. The number of aromatic nitrogens is 3. The molecule has 0 amide bonds. The van der Waals surface area contributed by atoms with Crippen LogP contribution in [-0.2, 0) is 7.05 Å². The Labute approximate surface area is 109 Å². The second kappa shape index (κ2) is 6.34. The topological polar surface area (TPSA) is 21.7 Å². The molecule has 3 nitrogen and oxygen atoms in total. The molecule has 1 aromatic rings. The fourth-order valence-electron chi connectivity index (χ4n) is 2.13. The van der Waals surface area contributed by atoms with Gasteiger partial charge in [-0.15, -0.1) is 4.68 Å². The summed E-state index contributed by atoms with van der Waals surface area (Å²) in [5.41, 5.74) is 0.0866. The van der Waals surface area contributed by atoms with Crippen molar-refractivity contribution in [3.8, 4) is 0 Å². The summed E-state index contributed by atoms with van der Waals surface area (Å²) in [7, 11) is -1.84. The van der Waals surface area contributed by atoms with Gasteiger partial charge in [0.1, 0.15) is 0 Å². The fraction of sp³-hybridized carbons (Fsp3) is 0.800. The molecule has 0 N–H and O–H groups in total. The Hall–Kier alpha value is -1.15. The van der Waals surface area contributed by atoms with Crippen LogP contribution < -0.4 is 9.27 Å². The third-order valence-electron chi connectivity index (χ3n) is 2.86. The van der Waals surface area contributed by atoms with E-state index >= 15 is 0 Å². The molecular weight excluding hydrogens is 268 g/mol. The first-order valence-electron chi connectivity index (χ1n) is 5.64. The Morgan fingerprint density at radius 2 is 1.84 bits per heavy atom. The second-order valence-corrected chi connectivity index (χ2v) is 5.39. The molecular formula is C10H17BF5N3. The predicted octanol–water partition coefficient (Wildman–Crippen LogP) is -0.407. The number of rotatable bonds is 0. The summed E-state index contributed by atoms with van der Waals surface area (Å²) >= 11 is 0. The lowest BCUT2D eigenvalue weighted by Gasteiger charge is -2.24. The van der Waals surface area contributed by atoms with Gasteiger partial charge in [-0.25, -0.2) is 8.96 Å². The van der Waals surface area contributed by atoms with Crippen LogP contribution >= 0.6 is 0 Å². The van der Waals surface area contributed by atoms with Gasteiger partial charge in [0.05, 0.1) is 13.1 Å². The molecule has 0 spiro atoms. The third-order valence-corrected chi connectivity index (χ3v) is 2.86. The molecule has 0 aromatic carbocycles. The Balaban J connectivity index is 0.000000576. The molecule has 0 saturated heterocycles. The van der Waals surface area contributed by atoms with Crippen LogP contribution in [0.3, 0.4) is 0 Å². The molecule has 110 valence electrons. The summed E-state index contributed by atoms with van der Waals surface area (Å²) < 4.78 is 46.3. The van der Waals surface area contributed by atoms with Crippen molar-refractivity contribution in [2.75, 3.05) is 0 Å². The van der Waals surface area contributed by atoms with E-state index in [1.165, 1.54) is 0 Å². The van der Waals surface area contributed by atoms with Crippen molar-refractivity contribution in [2.45, 2.75) is 39.4 Å². The van der Waals surface area contributed by atoms with E-state index in [0.29, 0.717) is 12.2 Å². The second-order valence-electron chi connectivity index (χ2n) is 5.39. The lowest BCUT2D eigenvalue weighted by Crippen LogP contribution is -3.00. The molecule has 2 rings (SSSR count). The zero-order valence-electron chi connectivity index (χ0n) is 11.2. The zero-order valence-corrected chi connectivity index (χ0v) is 11.2. The number of halogens is 5. The van der Waals surface area contributed by atoms with Crippen molar-refractivity contribution >= 4 is 7.54 Å². The van der Waals surface area contributed by atoms with Crippen LogP contribution in [0.1, 0.15) is 45.2 Å². The van der Waals surface area contributed by atoms with Gasteiger partial charge in [0, 0.05) is 11.5 Å². The van der Waals surface area contributed by atoms with E-state index in [1.807, 2.05) is 17.9 Å². The van der Waals surface area contributed by atoms with Gasteiger partial charge in [-0.3, -0.25) is 12.9 Å². The number of hydrogen-bond donors (Lipinski definition) is 0. The first-order chi connectivity index (χ1) is 8.12. The molecule has 9 heteroatoms. The van der Waals surface area contributed by atoms with E-state index in [1.54, 1.807) is 4.68 Å².